The number of carbonyl (C=O) groups excluding carboxylic acids is 2. The molecule has 0 radical (unpaired) electrons. The third-order valence-electron chi connectivity index (χ3n) is 3.71. The Morgan fingerprint density at radius 2 is 1.61 bits per heavy atom. The Hall–Kier alpha value is -2.71. The van der Waals surface area contributed by atoms with Crippen LogP contribution in [0.1, 0.15) is 37.6 Å². The summed E-state index contributed by atoms with van der Waals surface area (Å²) in [6, 6.07) is 12.2. The van der Waals surface area contributed by atoms with Gasteiger partial charge in [0.25, 0.3) is 5.91 Å². The van der Waals surface area contributed by atoms with E-state index in [1.54, 1.807) is 45.0 Å². The highest BCUT2D eigenvalue weighted by atomic mass is 32.2. The van der Waals surface area contributed by atoms with E-state index in [0.717, 1.165) is 0 Å². The number of carbonyl (C=O) groups is 2. The van der Waals surface area contributed by atoms with Gasteiger partial charge in [0.15, 0.2) is 12.4 Å². The van der Waals surface area contributed by atoms with E-state index in [1.165, 1.54) is 24.3 Å². The minimum absolute atomic E-state index is 0.0401. The second kappa shape index (κ2) is 9.48. The predicted octanol–water partition coefficient (Wildman–Crippen LogP) is 2.98. The van der Waals surface area contributed by atoms with Gasteiger partial charge in [-0.25, -0.2) is 13.1 Å². The zero-order chi connectivity index (χ0) is 20.7. The van der Waals surface area contributed by atoms with Gasteiger partial charge in [-0.2, -0.15) is 0 Å². The molecule has 0 aliphatic heterocycles. The summed E-state index contributed by atoms with van der Waals surface area (Å²) in [4.78, 5) is 23.7. The first-order valence-electron chi connectivity index (χ1n) is 8.89. The second-order valence-electron chi connectivity index (χ2n) is 6.44. The maximum absolute atomic E-state index is 12.1. The van der Waals surface area contributed by atoms with Crippen LogP contribution in [0.25, 0.3) is 0 Å². The average Bonchev–Trinajstić information content (AvgIpc) is 2.65. The topological polar surface area (TPSA) is 102 Å². The first kappa shape index (κ1) is 21.6. The molecule has 2 rings (SSSR count). The van der Waals surface area contributed by atoms with E-state index >= 15 is 0 Å². The maximum atomic E-state index is 12.1. The number of benzene rings is 2. The van der Waals surface area contributed by atoms with Gasteiger partial charge in [-0.3, -0.25) is 9.59 Å². The molecule has 0 aromatic heterocycles. The lowest BCUT2D eigenvalue weighted by Crippen LogP contribution is -2.30. The molecule has 0 spiro atoms. The van der Waals surface area contributed by atoms with Crippen molar-refractivity contribution in [3.63, 3.8) is 0 Å². The Labute approximate surface area is 165 Å². The van der Waals surface area contributed by atoms with E-state index < -0.39 is 10.0 Å². The van der Waals surface area contributed by atoms with Crippen LogP contribution in [0.3, 0.4) is 0 Å². The van der Waals surface area contributed by atoms with Gasteiger partial charge in [-0.15, -0.1) is 0 Å². The van der Waals surface area contributed by atoms with E-state index in [1.807, 2.05) is 0 Å². The van der Waals surface area contributed by atoms with Crippen molar-refractivity contribution >= 4 is 27.4 Å². The molecule has 0 atom stereocenters. The molecule has 1 amide bonds. The lowest BCUT2D eigenvalue weighted by molar-refractivity contribution is -0.118. The van der Waals surface area contributed by atoms with Crippen molar-refractivity contribution in [2.75, 3.05) is 11.9 Å². The number of nitrogens with one attached hydrogen (secondary N) is 2. The zero-order valence-electron chi connectivity index (χ0n) is 16.1. The van der Waals surface area contributed by atoms with Gasteiger partial charge in [0.05, 0.1) is 4.90 Å². The number of hydrogen-bond acceptors (Lipinski definition) is 5. The summed E-state index contributed by atoms with van der Waals surface area (Å²) in [5, 5.41) is 2.64. The van der Waals surface area contributed by atoms with Gasteiger partial charge in [-0.1, -0.05) is 6.92 Å². The Bertz CT molecular complexity index is 920. The van der Waals surface area contributed by atoms with E-state index in [9.17, 15) is 18.0 Å². The molecule has 0 fully saturated rings. The fourth-order valence-corrected chi connectivity index (χ4v) is 3.63. The van der Waals surface area contributed by atoms with E-state index in [-0.39, 0.29) is 29.2 Å². The van der Waals surface area contributed by atoms with Crippen LogP contribution < -0.4 is 14.8 Å². The lowest BCUT2D eigenvalue weighted by atomic mass is 10.1. The molecule has 0 heterocycles. The summed E-state index contributed by atoms with van der Waals surface area (Å²) in [5.41, 5.74) is 1.06. The van der Waals surface area contributed by atoms with Crippen LogP contribution in [0.5, 0.6) is 5.75 Å². The highest BCUT2D eigenvalue weighted by molar-refractivity contribution is 7.89. The quantitative estimate of drug-likeness (QED) is 0.626. The summed E-state index contributed by atoms with van der Waals surface area (Å²) in [7, 11) is -3.57. The first-order valence-corrected chi connectivity index (χ1v) is 10.4. The molecule has 7 nitrogen and oxygen atoms in total. The highest BCUT2D eigenvalue weighted by Crippen LogP contribution is 2.16. The van der Waals surface area contributed by atoms with Crippen LogP contribution in [0.4, 0.5) is 5.69 Å². The molecule has 28 heavy (non-hydrogen) atoms. The van der Waals surface area contributed by atoms with Crippen LogP contribution >= 0.6 is 0 Å². The lowest BCUT2D eigenvalue weighted by Gasteiger charge is -2.11. The van der Waals surface area contributed by atoms with E-state index in [2.05, 4.69) is 10.0 Å². The first-order chi connectivity index (χ1) is 13.2. The monoisotopic (exact) mass is 404 g/mol. The van der Waals surface area contributed by atoms with Gasteiger partial charge in [0.1, 0.15) is 5.75 Å². The third kappa shape index (κ3) is 6.17. The smallest absolute Gasteiger partial charge is 0.262 e. The van der Waals surface area contributed by atoms with Crippen molar-refractivity contribution < 1.29 is 22.7 Å². The standard InChI is InChI=1S/C20H24N2O5S/c1-4-19(23)15-5-9-17(10-6-15)27-13-20(24)21-16-7-11-18(12-8-16)28(25,26)22-14(2)3/h5-12,14,22H,4,13H2,1-3H3,(H,21,24). The predicted molar refractivity (Wildman–Crippen MR) is 107 cm³/mol. The summed E-state index contributed by atoms with van der Waals surface area (Å²) in [6.45, 7) is 5.05. The molecule has 2 aromatic carbocycles. The largest absolute Gasteiger partial charge is 0.484 e. The summed E-state index contributed by atoms with van der Waals surface area (Å²) in [6.07, 6.45) is 0.427. The van der Waals surface area contributed by atoms with Crippen molar-refractivity contribution in [2.45, 2.75) is 38.1 Å². The molecular weight excluding hydrogens is 380 g/mol. The van der Waals surface area contributed by atoms with E-state index in [0.29, 0.717) is 23.4 Å². The van der Waals surface area contributed by atoms with Crippen LogP contribution in [-0.2, 0) is 14.8 Å². The summed E-state index contributed by atoms with van der Waals surface area (Å²) >= 11 is 0. The van der Waals surface area contributed by atoms with Crippen molar-refractivity contribution in [1.29, 1.82) is 0 Å². The second-order valence-corrected chi connectivity index (χ2v) is 8.15. The number of ether oxygens (including phenoxy) is 1. The van der Waals surface area contributed by atoms with Gasteiger partial charge in [0, 0.05) is 23.7 Å². The fourth-order valence-electron chi connectivity index (χ4n) is 2.38. The van der Waals surface area contributed by atoms with Crippen LogP contribution in [0.15, 0.2) is 53.4 Å². The number of amides is 1. The molecule has 0 aliphatic rings. The fraction of sp³-hybridized carbons (Fsp3) is 0.300. The van der Waals surface area contributed by atoms with Crippen LogP contribution in [-0.4, -0.2) is 32.8 Å². The Morgan fingerprint density at radius 1 is 1.00 bits per heavy atom. The van der Waals surface area contributed by atoms with Crippen molar-refractivity contribution in [1.82, 2.24) is 4.72 Å². The SMILES string of the molecule is CCC(=O)c1ccc(OCC(=O)Nc2ccc(S(=O)(=O)NC(C)C)cc2)cc1. The van der Waals surface area contributed by atoms with Crippen LogP contribution in [0, 0.1) is 0 Å². The molecule has 0 unspecified atom stereocenters. The Kier molecular flexibility index (Phi) is 7.31. The highest BCUT2D eigenvalue weighted by Gasteiger charge is 2.15. The number of rotatable bonds is 9. The van der Waals surface area contributed by atoms with Gasteiger partial charge >= 0.3 is 0 Å². The number of Topliss-reactive ketones (excluding diaryl/α,β-unsaturated/α-hetero) is 1. The maximum Gasteiger partial charge on any atom is 0.262 e. The average molecular weight is 404 g/mol. The van der Waals surface area contributed by atoms with Crippen molar-refractivity contribution in [3.05, 3.63) is 54.1 Å². The molecule has 0 saturated carbocycles. The molecule has 150 valence electrons. The molecule has 2 aromatic rings. The molecule has 0 saturated heterocycles. The molecular formula is C20H24N2O5S. The molecule has 0 bridgehead atoms. The minimum atomic E-state index is -3.57. The third-order valence-corrected chi connectivity index (χ3v) is 5.38. The number of ketones is 1. The Morgan fingerprint density at radius 3 is 2.14 bits per heavy atom. The normalized spacial score (nSPS) is 11.3. The Balaban J connectivity index is 1.90. The van der Waals surface area contributed by atoms with E-state index in [4.69, 9.17) is 4.74 Å². The number of sulfonamides is 1. The number of anilines is 1. The van der Waals surface area contributed by atoms with Crippen LogP contribution in [0.2, 0.25) is 0 Å². The van der Waals surface area contributed by atoms with Gasteiger partial charge in [0.2, 0.25) is 10.0 Å². The summed E-state index contributed by atoms with van der Waals surface area (Å²) < 4.78 is 32.1. The molecule has 8 heteroatoms. The van der Waals surface area contributed by atoms with Gasteiger partial charge in [-0.05, 0) is 62.4 Å². The van der Waals surface area contributed by atoms with Crippen molar-refractivity contribution in [2.24, 2.45) is 0 Å². The number of hydrogen-bond donors (Lipinski definition) is 2. The minimum Gasteiger partial charge on any atom is -0.484 e. The summed E-state index contributed by atoms with van der Waals surface area (Å²) in [5.74, 6) is 0.131. The zero-order valence-corrected chi connectivity index (χ0v) is 16.9. The van der Waals surface area contributed by atoms with Gasteiger partial charge < -0.3 is 10.1 Å². The van der Waals surface area contributed by atoms with Crippen molar-refractivity contribution in [3.8, 4) is 5.75 Å². The molecule has 0 aliphatic carbocycles. The molecule has 2 N–H and O–H groups in total.